The smallest absolute Gasteiger partial charge is 0.256 e. The van der Waals surface area contributed by atoms with E-state index in [1.54, 1.807) is 0 Å². The minimum Gasteiger partial charge on any atom is -0.458 e. The highest BCUT2D eigenvalue weighted by Crippen LogP contribution is 2.56. The molecule has 25 rings (SSSR count). The van der Waals surface area contributed by atoms with Crippen LogP contribution in [0.1, 0.15) is 261 Å². The Kier molecular flexibility index (Phi) is 20.6. The molecule has 9 nitrogen and oxygen atoms in total. The van der Waals surface area contributed by atoms with E-state index in [0.29, 0.717) is 0 Å². The van der Waals surface area contributed by atoms with E-state index in [9.17, 15) is 0 Å². The van der Waals surface area contributed by atoms with Crippen LogP contribution in [-0.2, 0) is 43.3 Å². The largest absolute Gasteiger partial charge is 0.458 e. The average Bonchev–Trinajstić information content (AvgIpc) is 1.05. The first-order valence-corrected chi connectivity index (χ1v) is 54.3. The Balaban J connectivity index is 0.834. The zero-order chi connectivity index (χ0) is 105. The fourth-order valence-corrected chi connectivity index (χ4v) is 26.6. The molecule has 744 valence electrons. The molecule has 12 heteroatoms. The Hall–Kier alpha value is -14.1. The lowest BCUT2D eigenvalue weighted by atomic mass is 9.29. The van der Waals surface area contributed by atoms with E-state index >= 15 is 0 Å². The molecule has 0 bridgehead atoms. The molecule has 1 N–H and O–H groups in total. The number of nitrogens with zero attached hydrogens (tertiary/aromatic N) is 6. The van der Waals surface area contributed by atoms with Gasteiger partial charge >= 0.3 is 0 Å². The first kappa shape index (κ1) is 95.8. The van der Waals surface area contributed by atoms with E-state index in [2.05, 4.69) is 505 Å². The number of aryl methyl sites for hydroxylation is 9. The molecule has 0 unspecified atom stereocenters. The van der Waals surface area contributed by atoms with Crippen molar-refractivity contribution in [3.8, 4) is 40.1 Å². The second-order valence-electron chi connectivity index (χ2n) is 53.4. The molecule has 16 aromatic carbocycles. The number of nitrogens with one attached hydrogen (secondary N) is 1. The van der Waals surface area contributed by atoms with E-state index in [0.717, 1.165) is 158 Å². The lowest BCUT2D eigenvalue weighted by Crippen LogP contribution is -2.66. The molecule has 0 radical (unpaired) electrons. The molecular formula is C137H140B3N7O2. The standard InChI is InChI=1S/C137H140B3N7O2/c1-74-50-77(4)127(78(5)51-74)145-114-72-106-100(138-104-62-89(136(28,29)30)40-48-120(104)148-122-68-91(64-107(141-106)124(122)138)142-108-42-34-83(130(10,11)12)56-94(108)95-57-84(131(13,14)15)35-43-109(95)142)70-101(114)139-102-71-103-116(73-115(102)146(128-79(6)52-75(2)53-80(128)7)118-66-92(65-117(145)125(118)139)143-110-44-36-85(132(16,17)18)58-96(110)97-59-86(133(19,20)21)37-45-111(97)143)147(129-81(8)54-76(3)55-82(129)9)119-67-93(69-123-126(119)140(103)105-63-90(137(31,32)33)41-49-121(105)149-123)144-112-46-38-87(134(22,23)24)60-98(112)99-61-88(135(25,26)27)39-47-113(99)144/h34-73,141H,1-33H3. The van der Waals surface area contributed by atoms with E-state index in [1.165, 1.54) is 154 Å². The molecule has 6 aliphatic rings. The van der Waals surface area contributed by atoms with Gasteiger partial charge in [-0.15, -0.1) is 0 Å². The van der Waals surface area contributed by atoms with Crippen LogP contribution in [0.4, 0.5) is 62.6 Å². The predicted molar refractivity (Wildman–Crippen MR) is 642 cm³/mol. The third-order valence-corrected chi connectivity index (χ3v) is 34.2. The van der Waals surface area contributed by atoms with Crippen molar-refractivity contribution in [3.05, 3.63) is 337 Å². The lowest BCUT2D eigenvalue weighted by molar-refractivity contribution is 0.486. The summed E-state index contributed by atoms with van der Waals surface area (Å²) in [4.78, 5) is 8.25. The van der Waals surface area contributed by atoms with Gasteiger partial charge in [-0.2, -0.15) is 0 Å². The van der Waals surface area contributed by atoms with E-state index in [4.69, 9.17) is 9.47 Å². The number of fused-ring (bicyclic) bond motifs is 21. The maximum Gasteiger partial charge on any atom is 0.256 e. The Morgan fingerprint density at radius 2 is 0.450 bits per heavy atom. The summed E-state index contributed by atoms with van der Waals surface area (Å²) in [5.41, 5.74) is 53.2. The van der Waals surface area contributed by atoms with Crippen LogP contribution in [0.5, 0.6) is 23.0 Å². The molecule has 0 fully saturated rings. The van der Waals surface area contributed by atoms with Crippen molar-refractivity contribution in [2.24, 2.45) is 0 Å². The van der Waals surface area contributed by atoms with Crippen LogP contribution in [0.3, 0.4) is 0 Å². The summed E-state index contributed by atoms with van der Waals surface area (Å²) < 4.78 is 23.4. The molecule has 0 saturated carbocycles. The molecular weight excluding hydrogens is 1810 g/mol. The van der Waals surface area contributed by atoms with Gasteiger partial charge in [0.2, 0.25) is 0 Å². The normalized spacial score (nSPS) is 14.3. The second kappa shape index (κ2) is 32.0. The van der Waals surface area contributed by atoms with Gasteiger partial charge in [0.05, 0.1) is 67.2 Å². The van der Waals surface area contributed by atoms with Crippen LogP contribution in [0.2, 0.25) is 0 Å². The van der Waals surface area contributed by atoms with Crippen LogP contribution in [0.15, 0.2) is 243 Å². The molecule has 0 atom stereocenters. The molecule has 149 heavy (non-hydrogen) atoms. The number of hydrogen-bond acceptors (Lipinski definition) is 6. The van der Waals surface area contributed by atoms with Gasteiger partial charge in [-0.1, -0.05) is 292 Å². The lowest BCUT2D eigenvalue weighted by Gasteiger charge is -2.48. The van der Waals surface area contributed by atoms with Gasteiger partial charge in [-0.25, -0.2) is 0 Å². The van der Waals surface area contributed by atoms with E-state index in [1.807, 2.05) is 0 Å². The predicted octanol–water partition coefficient (Wildman–Crippen LogP) is 31.3. The first-order valence-electron chi connectivity index (χ1n) is 54.3. The summed E-state index contributed by atoms with van der Waals surface area (Å²) in [6.45, 7) is 76.4. The van der Waals surface area contributed by atoms with Crippen LogP contribution < -0.4 is 78.7 Å². The number of benzene rings is 16. The summed E-state index contributed by atoms with van der Waals surface area (Å²) in [6.07, 6.45) is 0. The van der Waals surface area contributed by atoms with Crippen LogP contribution >= 0.6 is 0 Å². The number of hydrogen-bond donors (Lipinski definition) is 1. The van der Waals surface area contributed by atoms with Gasteiger partial charge in [-0.3, -0.25) is 0 Å². The molecule has 0 amide bonds. The molecule has 3 aromatic heterocycles. The Bertz CT molecular complexity index is 8880. The Labute approximate surface area is 883 Å². The molecule has 6 aliphatic heterocycles. The Morgan fingerprint density at radius 1 is 0.201 bits per heavy atom. The van der Waals surface area contributed by atoms with Gasteiger partial charge in [0.25, 0.3) is 20.1 Å². The van der Waals surface area contributed by atoms with Crippen LogP contribution in [-0.4, -0.2) is 33.8 Å². The fraction of sp³-hybridized carbons (Fsp3) is 0.299. The van der Waals surface area contributed by atoms with Gasteiger partial charge in [-0.05, 0) is 354 Å². The zero-order valence-electron chi connectivity index (χ0n) is 93.8. The van der Waals surface area contributed by atoms with Gasteiger partial charge < -0.3 is 43.2 Å². The number of anilines is 11. The molecule has 0 aliphatic carbocycles. The monoisotopic (exact) mass is 1950 g/mol. The van der Waals surface area contributed by atoms with Crippen molar-refractivity contribution in [2.75, 3.05) is 20.0 Å². The summed E-state index contributed by atoms with van der Waals surface area (Å²) in [5, 5.41) is 11.9. The fourth-order valence-electron chi connectivity index (χ4n) is 26.6. The highest BCUT2D eigenvalue weighted by Gasteiger charge is 2.52. The number of rotatable bonds is 6. The summed E-state index contributed by atoms with van der Waals surface area (Å²) in [6, 6.07) is 98.3. The van der Waals surface area contributed by atoms with Crippen molar-refractivity contribution in [3.63, 3.8) is 0 Å². The van der Waals surface area contributed by atoms with Gasteiger partial charge in [0.15, 0.2) is 0 Å². The van der Waals surface area contributed by atoms with E-state index < -0.39 is 6.71 Å². The SMILES string of the molecule is Cc1cc(C)c(N2c3cc4c(cc3B3c5cc(C(C)(C)C)ccc5Oc5cc(-n6c7ccc(C(C)(C)C)cc7c7cc(C(C)(C)C)ccc76)cc2c53)B2c3cc5c(cc3N(c3c(C)cc(C)cc3C)c3cc(-n6c7ccc(C(C)(C)C)cc7c7cc(C(C)(C)C)ccc76)cc(c32)N4c2c(C)cc(C)cc2C)Nc2cc(-n3c4ccc(C(C)(C)C)cc4c4cc(C(C)(C)C)ccc43)cc3c2B5c2cc(C(C)(C)C)ccc2O3)c(C)c1. The molecule has 0 saturated heterocycles. The first-order chi connectivity index (χ1) is 70.1. The van der Waals surface area contributed by atoms with Crippen molar-refractivity contribution >= 4 is 197 Å². The van der Waals surface area contributed by atoms with Gasteiger partial charge in [0, 0.05) is 89.9 Å². The highest BCUT2D eigenvalue weighted by molar-refractivity contribution is 7.04. The molecule has 9 heterocycles. The van der Waals surface area contributed by atoms with Crippen LogP contribution in [0, 0.1) is 62.3 Å². The van der Waals surface area contributed by atoms with Crippen molar-refractivity contribution in [1.29, 1.82) is 0 Å². The summed E-state index contributed by atoms with van der Waals surface area (Å²) in [7, 11) is 0. The zero-order valence-corrected chi connectivity index (χ0v) is 93.8. The van der Waals surface area contributed by atoms with Crippen molar-refractivity contribution < 1.29 is 9.47 Å². The maximum absolute atomic E-state index is 7.94. The minimum absolute atomic E-state index is 0.0781. The number of aromatic nitrogens is 3. The highest BCUT2D eigenvalue weighted by atomic mass is 16.5. The third-order valence-electron chi connectivity index (χ3n) is 34.2. The third kappa shape index (κ3) is 14.7. The molecule has 19 aromatic rings. The van der Waals surface area contributed by atoms with Crippen molar-refractivity contribution in [1.82, 2.24) is 13.7 Å². The minimum atomic E-state index is -0.412. The van der Waals surface area contributed by atoms with Gasteiger partial charge in [0.1, 0.15) is 23.0 Å². The van der Waals surface area contributed by atoms with Crippen LogP contribution in [0.25, 0.3) is 82.5 Å². The quantitative estimate of drug-likeness (QED) is 0.167. The van der Waals surface area contributed by atoms with Crippen molar-refractivity contribution in [2.45, 2.75) is 272 Å². The Morgan fingerprint density at radius 3 is 0.758 bits per heavy atom. The topological polar surface area (TPSA) is 55.0 Å². The second-order valence-corrected chi connectivity index (χ2v) is 53.4. The van der Waals surface area contributed by atoms with E-state index in [-0.39, 0.29) is 56.7 Å². The average molecular weight is 1950 g/mol. The maximum atomic E-state index is 7.94. The summed E-state index contributed by atoms with van der Waals surface area (Å²) >= 11 is 0. The molecule has 0 spiro atoms. The number of ether oxygens (including phenoxy) is 2. The summed E-state index contributed by atoms with van der Waals surface area (Å²) in [5.74, 6) is 3.43.